The quantitative estimate of drug-likeness (QED) is 0.445. The van der Waals surface area contributed by atoms with Crippen LogP contribution in [0.25, 0.3) is 6.20 Å². The van der Waals surface area contributed by atoms with Crippen molar-refractivity contribution in [3.05, 3.63) is 30.2 Å². The second kappa shape index (κ2) is 2.06. The first-order valence-electron chi connectivity index (χ1n) is 3.11. The Morgan fingerprint density at radius 3 is 3.30 bits per heavy atom. The van der Waals surface area contributed by atoms with Crippen molar-refractivity contribution < 1.29 is 0 Å². The lowest BCUT2D eigenvalue weighted by atomic mass is 10.4. The SMILES string of the molecule is ClC1NC=Cn2cccc21. The minimum Gasteiger partial charge on any atom is -0.369 e. The molecule has 2 rings (SSSR count). The summed E-state index contributed by atoms with van der Waals surface area (Å²) in [4.78, 5) is 0. The standard InChI is InChI=1S/C7H7ClN2/c8-7-6-2-1-4-10(6)5-3-9-7/h1-5,7,9H. The van der Waals surface area contributed by atoms with Gasteiger partial charge in [0.15, 0.2) is 0 Å². The van der Waals surface area contributed by atoms with Gasteiger partial charge in [-0.05, 0) is 12.1 Å². The number of hydrogen-bond donors (Lipinski definition) is 1. The third-order valence-electron chi connectivity index (χ3n) is 1.55. The third kappa shape index (κ3) is 0.727. The minimum absolute atomic E-state index is 0.0833. The van der Waals surface area contributed by atoms with E-state index in [1.807, 2.05) is 35.3 Å². The van der Waals surface area contributed by atoms with Crippen molar-refractivity contribution in [3.63, 3.8) is 0 Å². The van der Waals surface area contributed by atoms with Gasteiger partial charge in [0.1, 0.15) is 5.50 Å². The number of aromatic nitrogens is 1. The molecule has 1 unspecified atom stereocenters. The summed E-state index contributed by atoms with van der Waals surface area (Å²) in [6.45, 7) is 0. The molecule has 3 heteroatoms. The lowest BCUT2D eigenvalue weighted by Gasteiger charge is -2.15. The molecule has 52 valence electrons. The van der Waals surface area contributed by atoms with Crippen LogP contribution < -0.4 is 5.32 Å². The largest absolute Gasteiger partial charge is 0.369 e. The number of hydrogen-bond acceptors (Lipinski definition) is 1. The monoisotopic (exact) mass is 154 g/mol. The predicted octanol–water partition coefficient (Wildman–Crippen LogP) is 1.76. The first kappa shape index (κ1) is 5.86. The van der Waals surface area contributed by atoms with Crippen molar-refractivity contribution in [2.24, 2.45) is 0 Å². The molecule has 1 aliphatic rings. The van der Waals surface area contributed by atoms with Gasteiger partial charge in [0.05, 0.1) is 5.69 Å². The highest BCUT2D eigenvalue weighted by Gasteiger charge is 2.11. The van der Waals surface area contributed by atoms with E-state index in [-0.39, 0.29) is 5.50 Å². The molecule has 0 aromatic carbocycles. The lowest BCUT2D eigenvalue weighted by Crippen LogP contribution is -2.16. The van der Waals surface area contributed by atoms with E-state index in [0.717, 1.165) is 5.69 Å². The van der Waals surface area contributed by atoms with E-state index < -0.39 is 0 Å². The molecule has 0 radical (unpaired) electrons. The van der Waals surface area contributed by atoms with E-state index >= 15 is 0 Å². The normalized spacial score (nSPS) is 21.9. The molecule has 10 heavy (non-hydrogen) atoms. The van der Waals surface area contributed by atoms with E-state index in [1.165, 1.54) is 0 Å². The maximum Gasteiger partial charge on any atom is 0.142 e. The summed E-state index contributed by atoms with van der Waals surface area (Å²) in [6.07, 6.45) is 5.75. The zero-order valence-corrected chi connectivity index (χ0v) is 6.05. The van der Waals surface area contributed by atoms with Crippen LogP contribution in [0, 0.1) is 0 Å². The Morgan fingerprint density at radius 2 is 2.50 bits per heavy atom. The molecule has 2 nitrogen and oxygen atoms in total. The van der Waals surface area contributed by atoms with E-state index in [0.29, 0.717) is 0 Å². The zero-order chi connectivity index (χ0) is 6.97. The average Bonchev–Trinajstić information content (AvgIpc) is 2.36. The summed E-state index contributed by atoms with van der Waals surface area (Å²) in [7, 11) is 0. The van der Waals surface area contributed by atoms with E-state index in [1.54, 1.807) is 0 Å². The highest BCUT2D eigenvalue weighted by molar-refractivity contribution is 6.20. The summed E-state index contributed by atoms with van der Waals surface area (Å²) >= 11 is 5.91. The average molecular weight is 155 g/mol. The van der Waals surface area contributed by atoms with Gasteiger partial charge < -0.3 is 9.88 Å². The fourth-order valence-electron chi connectivity index (χ4n) is 1.05. The van der Waals surface area contributed by atoms with Crippen LogP contribution in [0.3, 0.4) is 0 Å². The van der Waals surface area contributed by atoms with Gasteiger partial charge in [-0.2, -0.15) is 0 Å². The first-order valence-corrected chi connectivity index (χ1v) is 3.55. The number of fused-ring (bicyclic) bond motifs is 1. The van der Waals surface area contributed by atoms with Gasteiger partial charge in [-0.25, -0.2) is 0 Å². The Bertz CT molecular complexity index is 264. The van der Waals surface area contributed by atoms with Crippen LogP contribution in [-0.4, -0.2) is 4.57 Å². The summed E-state index contributed by atoms with van der Waals surface area (Å²) in [5, 5.41) is 2.99. The van der Waals surface area contributed by atoms with Crippen LogP contribution >= 0.6 is 11.6 Å². The zero-order valence-electron chi connectivity index (χ0n) is 5.29. The number of halogens is 1. The molecule has 1 N–H and O–H groups in total. The molecule has 0 saturated heterocycles. The number of nitrogens with zero attached hydrogens (tertiary/aromatic N) is 1. The van der Waals surface area contributed by atoms with Crippen molar-refractivity contribution in [2.75, 3.05) is 0 Å². The Morgan fingerprint density at radius 1 is 1.60 bits per heavy atom. The third-order valence-corrected chi connectivity index (χ3v) is 1.90. The van der Waals surface area contributed by atoms with Gasteiger partial charge >= 0.3 is 0 Å². The van der Waals surface area contributed by atoms with Crippen molar-refractivity contribution in [1.29, 1.82) is 0 Å². The van der Waals surface area contributed by atoms with E-state index in [2.05, 4.69) is 5.32 Å². The van der Waals surface area contributed by atoms with Crippen LogP contribution in [0.1, 0.15) is 11.2 Å². The first-order chi connectivity index (χ1) is 4.88. The van der Waals surface area contributed by atoms with E-state index in [4.69, 9.17) is 11.6 Å². The highest BCUT2D eigenvalue weighted by atomic mass is 35.5. The molecule has 0 spiro atoms. The molecule has 1 aromatic rings. The van der Waals surface area contributed by atoms with Crippen molar-refractivity contribution >= 4 is 17.8 Å². The van der Waals surface area contributed by atoms with Crippen molar-refractivity contribution in [2.45, 2.75) is 5.50 Å². The molecule has 1 aliphatic heterocycles. The minimum atomic E-state index is -0.0833. The van der Waals surface area contributed by atoms with Gasteiger partial charge in [-0.3, -0.25) is 0 Å². The Hall–Kier alpha value is -0.890. The topological polar surface area (TPSA) is 17.0 Å². The van der Waals surface area contributed by atoms with E-state index in [9.17, 15) is 0 Å². The highest BCUT2D eigenvalue weighted by Crippen LogP contribution is 2.20. The molecule has 1 atom stereocenters. The van der Waals surface area contributed by atoms with Gasteiger partial charge in [0.25, 0.3) is 0 Å². The van der Waals surface area contributed by atoms with Crippen LogP contribution in [0.4, 0.5) is 0 Å². The lowest BCUT2D eigenvalue weighted by molar-refractivity contribution is 0.758. The fraction of sp³-hybridized carbons (Fsp3) is 0.143. The number of alkyl halides is 1. The Balaban J connectivity index is 2.52. The maximum absolute atomic E-state index is 5.91. The number of nitrogens with one attached hydrogen (secondary N) is 1. The second-order valence-electron chi connectivity index (χ2n) is 2.19. The molecule has 0 fully saturated rings. The molecular formula is C7H7ClN2. The van der Waals surface area contributed by atoms with Gasteiger partial charge in [-0.15, -0.1) is 0 Å². The summed E-state index contributed by atoms with van der Waals surface area (Å²) < 4.78 is 1.99. The maximum atomic E-state index is 5.91. The smallest absolute Gasteiger partial charge is 0.142 e. The van der Waals surface area contributed by atoms with Crippen LogP contribution in [0.2, 0.25) is 0 Å². The predicted molar refractivity (Wildman–Crippen MR) is 41.5 cm³/mol. The van der Waals surface area contributed by atoms with Crippen LogP contribution in [0.15, 0.2) is 24.5 Å². The Kier molecular flexibility index (Phi) is 1.21. The Labute approximate surface area is 64.1 Å². The fourth-order valence-corrected chi connectivity index (χ4v) is 1.31. The molecule has 0 amide bonds. The molecule has 0 aliphatic carbocycles. The summed E-state index contributed by atoms with van der Waals surface area (Å²) in [6, 6.07) is 3.97. The van der Waals surface area contributed by atoms with Crippen molar-refractivity contribution in [3.8, 4) is 0 Å². The van der Waals surface area contributed by atoms with Crippen molar-refractivity contribution in [1.82, 2.24) is 9.88 Å². The molecule has 0 bridgehead atoms. The molecule has 2 heterocycles. The molecular weight excluding hydrogens is 148 g/mol. The molecule has 1 aromatic heterocycles. The van der Waals surface area contributed by atoms with Gasteiger partial charge in [0.2, 0.25) is 0 Å². The summed E-state index contributed by atoms with van der Waals surface area (Å²) in [5.41, 5.74) is 1.00. The van der Waals surface area contributed by atoms with Gasteiger partial charge in [0, 0.05) is 18.6 Å². The molecule has 0 saturated carbocycles. The van der Waals surface area contributed by atoms with Crippen LogP contribution in [-0.2, 0) is 0 Å². The second-order valence-corrected chi connectivity index (χ2v) is 2.62. The van der Waals surface area contributed by atoms with Gasteiger partial charge in [-0.1, -0.05) is 11.6 Å². The van der Waals surface area contributed by atoms with Crippen LogP contribution in [0.5, 0.6) is 0 Å². The number of rotatable bonds is 0. The summed E-state index contributed by atoms with van der Waals surface area (Å²) in [5.74, 6) is 0.